The van der Waals surface area contributed by atoms with E-state index in [2.05, 4.69) is 0 Å². The molecule has 0 bridgehead atoms. The molecule has 1 unspecified atom stereocenters. The summed E-state index contributed by atoms with van der Waals surface area (Å²) < 4.78 is 26.4. The summed E-state index contributed by atoms with van der Waals surface area (Å²) in [5.74, 6) is -0.496. The molecule has 0 saturated carbocycles. The van der Waals surface area contributed by atoms with Crippen LogP contribution in [0.3, 0.4) is 0 Å². The van der Waals surface area contributed by atoms with Crippen LogP contribution in [0.2, 0.25) is 0 Å². The van der Waals surface area contributed by atoms with E-state index in [-0.39, 0.29) is 23.9 Å². The highest BCUT2D eigenvalue weighted by Gasteiger charge is 2.36. The predicted molar refractivity (Wildman–Crippen MR) is 79.2 cm³/mol. The normalized spacial score (nSPS) is 22.5. The van der Waals surface area contributed by atoms with Gasteiger partial charge < -0.3 is 4.74 Å². The van der Waals surface area contributed by atoms with Crippen LogP contribution >= 0.6 is 22.6 Å². The summed E-state index contributed by atoms with van der Waals surface area (Å²) in [5, 5.41) is 0. The zero-order chi connectivity index (χ0) is 14.7. The fourth-order valence-corrected chi connectivity index (χ4v) is 2.95. The van der Waals surface area contributed by atoms with Crippen LogP contribution in [0.25, 0.3) is 0 Å². The van der Waals surface area contributed by atoms with Gasteiger partial charge in [0.25, 0.3) is 0 Å². The Labute approximate surface area is 126 Å². The second-order valence-electron chi connectivity index (χ2n) is 4.69. The Morgan fingerprint density at radius 3 is 2.32 bits per heavy atom. The van der Waals surface area contributed by atoms with E-state index in [4.69, 9.17) is 4.74 Å². The lowest BCUT2D eigenvalue weighted by atomic mass is 10.1. The first-order chi connectivity index (χ1) is 8.65. The fourth-order valence-electron chi connectivity index (χ4n) is 1.52. The number of ketones is 1. The molecule has 0 aromatic heterocycles. The molecule has 0 aliphatic carbocycles. The first-order valence-electron chi connectivity index (χ1n) is 5.95. The number of halogens is 1. The average Bonchev–Trinajstić information content (AvgIpc) is 2.30. The summed E-state index contributed by atoms with van der Waals surface area (Å²) in [5.41, 5.74) is 0. The van der Waals surface area contributed by atoms with E-state index in [0.717, 1.165) is 0 Å². The van der Waals surface area contributed by atoms with Gasteiger partial charge in [-0.05, 0) is 13.8 Å². The molecule has 1 aliphatic heterocycles. The Balaban J connectivity index is 2.32. The highest BCUT2D eigenvalue weighted by molar-refractivity contribution is 14.1. The van der Waals surface area contributed by atoms with E-state index in [1.54, 1.807) is 22.6 Å². The molecule has 0 aromatic rings. The summed E-state index contributed by atoms with van der Waals surface area (Å²) in [7, 11) is -2.89. The van der Waals surface area contributed by atoms with Crippen molar-refractivity contribution < 1.29 is 22.7 Å². The minimum absolute atomic E-state index is 0.151. The quantitative estimate of drug-likeness (QED) is 0.279. The van der Waals surface area contributed by atoms with Crippen molar-refractivity contribution in [3.05, 3.63) is 0 Å². The maximum Gasteiger partial charge on any atom is 0.329 e. The van der Waals surface area contributed by atoms with E-state index in [1.165, 1.54) is 13.8 Å². The molecule has 0 amide bonds. The molecule has 6 nitrogen and oxygen atoms in total. The van der Waals surface area contributed by atoms with Crippen molar-refractivity contribution in [2.45, 2.75) is 17.3 Å². The maximum absolute atomic E-state index is 11.7. The Hall–Kier alpha value is -0.220. The predicted octanol–water partition coefficient (Wildman–Crippen LogP) is 0.0427. The molecule has 19 heavy (non-hydrogen) atoms. The van der Waals surface area contributed by atoms with Gasteiger partial charge in [-0.15, -0.1) is 0 Å². The molecule has 1 saturated heterocycles. The number of alkyl halides is 1. The molecule has 1 rings (SSSR count). The number of carbonyl (C=O) groups is 2. The Morgan fingerprint density at radius 2 is 1.84 bits per heavy atom. The van der Waals surface area contributed by atoms with Crippen LogP contribution in [-0.4, -0.2) is 66.2 Å². The van der Waals surface area contributed by atoms with E-state index < -0.39 is 19.2 Å². The number of rotatable bonds is 5. The zero-order valence-corrected chi connectivity index (χ0v) is 14.0. The van der Waals surface area contributed by atoms with Crippen LogP contribution in [-0.2, 0) is 24.2 Å². The lowest BCUT2D eigenvalue weighted by Crippen LogP contribution is -2.43. The topological polar surface area (TPSA) is 80.8 Å². The van der Waals surface area contributed by atoms with Crippen molar-refractivity contribution in [2.24, 2.45) is 0 Å². The molecule has 1 fully saturated rings. The van der Waals surface area contributed by atoms with Crippen LogP contribution in [0.5, 0.6) is 0 Å². The van der Waals surface area contributed by atoms with Crippen molar-refractivity contribution in [1.82, 2.24) is 4.90 Å². The molecule has 0 N–H and O–H groups in total. The van der Waals surface area contributed by atoms with Gasteiger partial charge in [0.1, 0.15) is 6.61 Å². The van der Waals surface area contributed by atoms with Gasteiger partial charge in [0.05, 0.1) is 11.5 Å². The first kappa shape index (κ1) is 16.8. The second kappa shape index (κ2) is 6.49. The number of esters is 1. The number of nitrogens with zero attached hydrogens (tertiary/aromatic N) is 1. The Bertz CT molecular complexity index is 446. The van der Waals surface area contributed by atoms with Gasteiger partial charge in [0, 0.05) is 19.6 Å². The number of Topliss-reactive ketones (excluding diaryl/α,β-unsaturated/α-hetero) is 1. The summed E-state index contributed by atoms with van der Waals surface area (Å²) in [4.78, 5) is 24.9. The number of sulfone groups is 1. The highest BCUT2D eigenvalue weighted by Crippen LogP contribution is 2.21. The molecular formula is C11H18INO5S. The molecule has 0 spiro atoms. The summed E-state index contributed by atoms with van der Waals surface area (Å²) in [6.07, 6.45) is 0. The molecule has 8 heteroatoms. The maximum atomic E-state index is 11.7. The van der Waals surface area contributed by atoms with Gasteiger partial charge in [-0.1, -0.05) is 22.6 Å². The van der Waals surface area contributed by atoms with Crippen molar-refractivity contribution in [1.29, 1.82) is 0 Å². The van der Waals surface area contributed by atoms with Gasteiger partial charge >= 0.3 is 5.97 Å². The second-order valence-corrected chi connectivity index (χ2v) is 9.15. The standard InChI is InChI=1S/C11H18INO5S/c1-9(14)11(2,12)10(15)18-6-3-13-4-7-19(16,17)8-5-13/h3-8H2,1-2H3. The zero-order valence-electron chi connectivity index (χ0n) is 11.0. The molecule has 0 radical (unpaired) electrons. The number of hydrogen-bond donors (Lipinski definition) is 0. The van der Waals surface area contributed by atoms with Crippen molar-refractivity contribution >= 4 is 44.2 Å². The molecule has 1 heterocycles. The lowest BCUT2D eigenvalue weighted by molar-refractivity contribution is -0.148. The average molecular weight is 403 g/mol. The largest absolute Gasteiger partial charge is 0.463 e. The third-order valence-corrected chi connectivity index (χ3v) is 5.93. The molecule has 110 valence electrons. The highest BCUT2D eigenvalue weighted by atomic mass is 127. The van der Waals surface area contributed by atoms with Gasteiger partial charge in [-0.3, -0.25) is 14.5 Å². The van der Waals surface area contributed by atoms with Gasteiger partial charge in [0.15, 0.2) is 19.0 Å². The van der Waals surface area contributed by atoms with E-state index >= 15 is 0 Å². The van der Waals surface area contributed by atoms with Crippen LogP contribution in [0.4, 0.5) is 0 Å². The molecule has 1 aliphatic rings. The summed E-state index contributed by atoms with van der Waals surface area (Å²) in [6.45, 7) is 4.47. The molecule has 0 aromatic carbocycles. The molecule has 1 atom stereocenters. The number of hydrogen-bond acceptors (Lipinski definition) is 6. The van der Waals surface area contributed by atoms with E-state index in [0.29, 0.717) is 19.6 Å². The monoisotopic (exact) mass is 403 g/mol. The minimum atomic E-state index is -2.89. The third kappa shape index (κ3) is 4.99. The van der Waals surface area contributed by atoms with Crippen LogP contribution in [0, 0.1) is 0 Å². The first-order valence-corrected chi connectivity index (χ1v) is 8.85. The number of ether oxygens (including phenoxy) is 1. The minimum Gasteiger partial charge on any atom is -0.463 e. The SMILES string of the molecule is CC(=O)C(C)(I)C(=O)OCCN1CCS(=O)(=O)CC1. The van der Waals surface area contributed by atoms with Crippen molar-refractivity contribution in [3.8, 4) is 0 Å². The summed E-state index contributed by atoms with van der Waals surface area (Å²) in [6, 6.07) is 0. The van der Waals surface area contributed by atoms with Gasteiger partial charge in [-0.2, -0.15) is 0 Å². The van der Waals surface area contributed by atoms with E-state index in [9.17, 15) is 18.0 Å². The molecular weight excluding hydrogens is 385 g/mol. The Kier molecular flexibility index (Phi) is 5.75. The van der Waals surface area contributed by atoms with Gasteiger partial charge in [0.2, 0.25) is 0 Å². The number of carbonyl (C=O) groups excluding carboxylic acids is 2. The van der Waals surface area contributed by atoms with Crippen molar-refractivity contribution in [2.75, 3.05) is 37.7 Å². The van der Waals surface area contributed by atoms with Gasteiger partial charge in [-0.25, -0.2) is 8.42 Å². The van der Waals surface area contributed by atoms with Crippen molar-refractivity contribution in [3.63, 3.8) is 0 Å². The third-order valence-electron chi connectivity index (χ3n) is 3.12. The van der Waals surface area contributed by atoms with Crippen LogP contribution in [0.15, 0.2) is 0 Å². The smallest absolute Gasteiger partial charge is 0.329 e. The Morgan fingerprint density at radius 1 is 1.32 bits per heavy atom. The van der Waals surface area contributed by atoms with E-state index in [1.807, 2.05) is 4.90 Å². The lowest BCUT2D eigenvalue weighted by Gasteiger charge is -2.26. The van der Waals surface area contributed by atoms with Crippen LogP contribution in [0.1, 0.15) is 13.8 Å². The fraction of sp³-hybridized carbons (Fsp3) is 0.818. The van der Waals surface area contributed by atoms with Crippen LogP contribution < -0.4 is 0 Å². The summed E-state index contributed by atoms with van der Waals surface area (Å²) >= 11 is 1.77.